The maximum Gasteiger partial charge on any atom is 0.149 e. The molecule has 156 valence electrons. The molecule has 0 radical (unpaired) electrons. The summed E-state index contributed by atoms with van der Waals surface area (Å²) in [6.45, 7) is 0. The zero-order valence-electron chi connectivity index (χ0n) is 16.3. The minimum atomic E-state index is -0.974. The van der Waals surface area contributed by atoms with Crippen molar-refractivity contribution >= 4 is 5.82 Å². The van der Waals surface area contributed by atoms with Gasteiger partial charge in [-0.05, 0) is 25.3 Å². The summed E-state index contributed by atoms with van der Waals surface area (Å²) < 4.78 is 30.6. The highest BCUT2D eigenvalue weighted by molar-refractivity contribution is 5.69. The minimum absolute atomic E-state index is 0.0765. The predicted octanol–water partition coefficient (Wildman–Crippen LogP) is 2.24. The molecule has 2 aromatic heterocycles. The Morgan fingerprint density at radius 3 is 2.83 bits per heavy atom. The SMILES string of the molecule is CN(c1cnc(-c2cc(F)c(-n3ccnn3)cc2O)cn1)[C@@H]1C[C@H]2CC[C@H](N2)[C@@H]1F. The van der Waals surface area contributed by atoms with Gasteiger partial charge in [-0.25, -0.2) is 18.4 Å². The van der Waals surface area contributed by atoms with Gasteiger partial charge in [0.1, 0.15) is 29.2 Å². The van der Waals surface area contributed by atoms with Gasteiger partial charge in [0, 0.05) is 30.8 Å². The minimum Gasteiger partial charge on any atom is -0.507 e. The average Bonchev–Trinajstić information content (AvgIpc) is 3.42. The summed E-state index contributed by atoms with van der Waals surface area (Å²) in [6, 6.07) is 2.41. The third kappa shape index (κ3) is 3.17. The number of phenols is 1. The van der Waals surface area contributed by atoms with Crippen molar-refractivity contribution in [1.82, 2.24) is 30.3 Å². The lowest BCUT2D eigenvalue weighted by Crippen LogP contribution is -2.55. The molecule has 10 heteroatoms. The Bertz CT molecular complexity index is 1040. The van der Waals surface area contributed by atoms with Gasteiger partial charge in [0.15, 0.2) is 0 Å². The molecule has 0 aliphatic carbocycles. The Hall–Kier alpha value is -3.14. The van der Waals surface area contributed by atoms with E-state index in [4.69, 9.17) is 0 Å². The monoisotopic (exact) mass is 413 g/mol. The number of aromatic nitrogens is 5. The van der Waals surface area contributed by atoms with Gasteiger partial charge >= 0.3 is 0 Å². The van der Waals surface area contributed by atoms with Gasteiger partial charge in [-0.15, -0.1) is 5.10 Å². The van der Waals surface area contributed by atoms with Crippen molar-refractivity contribution in [3.05, 3.63) is 42.7 Å². The number of fused-ring (bicyclic) bond motifs is 2. The number of hydrogen-bond donors (Lipinski definition) is 2. The smallest absolute Gasteiger partial charge is 0.149 e. The van der Waals surface area contributed by atoms with Gasteiger partial charge in [0.2, 0.25) is 0 Å². The number of phenolic OH excluding ortho intramolecular Hbond substituents is 1. The van der Waals surface area contributed by atoms with Crippen LogP contribution >= 0.6 is 0 Å². The van der Waals surface area contributed by atoms with Crippen LogP contribution < -0.4 is 10.2 Å². The molecule has 3 aromatic rings. The van der Waals surface area contributed by atoms with Crippen LogP contribution in [0.1, 0.15) is 19.3 Å². The number of aromatic hydroxyl groups is 1. The van der Waals surface area contributed by atoms with E-state index >= 15 is 0 Å². The molecule has 8 nitrogen and oxygen atoms in total. The van der Waals surface area contributed by atoms with E-state index in [2.05, 4.69) is 25.6 Å². The lowest BCUT2D eigenvalue weighted by Gasteiger charge is -2.38. The van der Waals surface area contributed by atoms with E-state index < -0.39 is 12.0 Å². The molecule has 2 aliphatic rings. The molecule has 2 bridgehead atoms. The fraction of sp³-hybridized carbons (Fsp3) is 0.400. The molecule has 4 heterocycles. The van der Waals surface area contributed by atoms with E-state index in [1.54, 1.807) is 0 Å². The van der Waals surface area contributed by atoms with Crippen molar-refractivity contribution in [2.24, 2.45) is 0 Å². The van der Waals surface area contributed by atoms with E-state index in [1.807, 2.05) is 11.9 Å². The Balaban J connectivity index is 1.39. The highest BCUT2D eigenvalue weighted by atomic mass is 19.1. The highest BCUT2D eigenvalue weighted by Gasteiger charge is 2.43. The van der Waals surface area contributed by atoms with Gasteiger partial charge < -0.3 is 15.3 Å². The Kier molecular flexibility index (Phi) is 4.58. The highest BCUT2D eigenvalue weighted by Crippen LogP contribution is 2.34. The fourth-order valence-corrected chi connectivity index (χ4v) is 4.43. The summed E-state index contributed by atoms with van der Waals surface area (Å²) in [7, 11) is 1.82. The van der Waals surface area contributed by atoms with Crippen LogP contribution in [-0.4, -0.2) is 61.4 Å². The number of benzene rings is 1. The van der Waals surface area contributed by atoms with E-state index in [0.29, 0.717) is 24.0 Å². The second-order valence-electron chi connectivity index (χ2n) is 7.83. The number of halogens is 2. The molecule has 2 aliphatic heterocycles. The maximum atomic E-state index is 14.8. The quantitative estimate of drug-likeness (QED) is 0.678. The molecular weight excluding hydrogens is 392 g/mol. The number of anilines is 1. The van der Waals surface area contributed by atoms with Gasteiger partial charge in [-0.1, -0.05) is 5.21 Å². The van der Waals surface area contributed by atoms with Gasteiger partial charge in [0.25, 0.3) is 0 Å². The first-order chi connectivity index (χ1) is 14.5. The normalized spacial score (nSPS) is 25.4. The third-order valence-corrected chi connectivity index (χ3v) is 6.06. The first kappa shape index (κ1) is 18.9. The fourth-order valence-electron chi connectivity index (χ4n) is 4.43. The van der Waals surface area contributed by atoms with Crippen LogP contribution in [-0.2, 0) is 0 Å². The lowest BCUT2D eigenvalue weighted by atomic mass is 9.96. The van der Waals surface area contributed by atoms with E-state index in [9.17, 15) is 13.9 Å². The standard InChI is InChI=1S/C20H21F2N7O/c1-28(17-6-11-2-3-14(26-11)20(17)22)19-10-23-15(9-24-19)12-7-13(21)16(8-18(12)30)29-5-4-25-27-29/h4-5,7-11,14,17,20,26,30H,2-3,6H2,1H3/t11-,14+,17-,20+/m1/s1. The van der Waals surface area contributed by atoms with Crippen LogP contribution in [0.25, 0.3) is 16.9 Å². The average molecular weight is 413 g/mol. The largest absolute Gasteiger partial charge is 0.507 e. The Morgan fingerprint density at radius 1 is 1.23 bits per heavy atom. The lowest BCUT2D eigenvalue weighted by molar-refractivity contribution is 0.176. The summed E-state index contributed by atoms with van der Waals surface area (Å²) in [6.07, 6.45) is 7.47. The van der Waals surface area contributed by atoms with E-state index in [-0.39, 0.29) is 29.1 Å². The number of rotatable bonds is 4. The Morgan fingerprint density at radius 2 is 2.10 bits per heavy atom. The van der Waals surface area contributed by atoms with Crippen LogP contribution in [0.3, 0.4) is 0 Å². The van der Waals surface area contributed by atoms with Crippen molar-refractivity contribution in [3.8, 4) is 22.7 Å². The number of nitrogens with zero attached hydrogens (tertiary/aromatic N) is 6. The van der Waals surface area contributed by atoms with Crippen LogP contribution in [0.15, 0.2) is 36.9 Å². The van der Waals surface area contributed by atoms with E-state index in [1.165, 1.54) is 41.6 Å². The summed E-state index contributed by atoms with van der Waals surface area (Å²) in [5.41, 5.74) is 0.602. The molecule has 0 amide bonds. The maximum absolute atomic E-state index is 14.8. The van der Waals surface area contributed by atoms with Gasteiger partial charge in [-0.2, -0.15) is 0 Å². The molecule has 4 atom stereocenters. The summed E-state index contributed by atoms with van der Waals surface area (Å²) in [5, 5.41) is 21.1. The molecule has 0 unspecified atom stereocenters. The second-order valence-corrected chi connectivity index (χ2v) is 7.83. The van der Waals surface area contributed by atoms with Gasteiger partial charge in [0.05, 0.1) is 36.5 Å². The molecular formula is C20H21F2N7O. The molecule has 1 aromatic carbocycles. The molecule has 0 spiro atoms. The van der Waals surface area contributed by atoms with Crippen molar-refractivity contribution in [3.63, 3.8) is 0 Å². The summed E-state index contributed by atoms with van der Waals surface area (Å²) in [4.78, 5) is 10.5. The number of piperidine rings is 1. The summed E-state index contributed by atoms with van der Waals surface area (Å²) >= 11 is 0. The Labute approximate surface area is 171 Å². The zero-order chi connectivity index (χ0) is 20.8. The van der Waals surface area contributed by atoms with Crippen LogP contribution in [0, 0.1) is 5.82 Å². The first-order valence-electron chi connectivity index (χ1n) is 9.86. The number of hydrogen-bond acceptors (Lipinski definition) is 7. The van der Waals surface area contributed by atoms with Crippen LogP contribution in [0.2, 0.25) is 0 Å². The molecule has 5 rings (SSSR count). The predicted molar refractivity (Wildman–Crippen MR) is 106 cm³/mol. The third-order valence-electron chi connectivity index (χ3n) is 6.06. The van der Waals surface area contributed by atoms with Crippen molar-refractivity contribution < 1.29 is 13.9 Å². The number of nitrogens with one attached hydrogen (secondary N) is 1. The summed E-state index contributed by atoms with van der Waals surface area (Å²) in [5.74, 6) is -0.204. The molecule has 0 saturated carbocycles. The van der Waals surface area contributed by atoms with Crippen molar-refractivity contribution in [2.45, 2.75) is 43.6 Å². The molecule has 30 heavy (non-hydrogen) atoms. The molecule has 2 saturated heterocycles. The van der Waals surface area contributed by atoms with Crippen molar-refractivity contribution in [2.75, 3.05) is 11.9 Å². The van der Waals surface area contributed by atoms with E-state index in [0.717, 1.165) is 12.8 Å². The zero-order valence-corrected chi connectivity index (χ0v) is 16.3. The topological polar surface area (TPSA) is 92.0 Å². The molecule has 2 N–H and O–H groups in total. The van der Waals surface area contributed by atoms with Crippen molar-refractivity contribution in [1.29, 1.82) is 0 Å². The van der Waals surface area contributed by atoms with Crippen LogP contribution in [0.4, 0.5) is 14.6 Å². The first-order valence-corrected chi connectivity index (χ1v) is 9.86. The van der Waals surface area contributed by atoms with Gasteiger partial charge in [-0.3, -0.25) is 4.98 Å². The number of alkyl halides is 1. The second kappa shape index (κ2) is 7.28. The molecule has 2 fully saturated rings. The van der Waals surface area contributed by atoms with Crippen LogP contribution in [0.5, 0.6) is 5.75 Å².